The Morgan fingerprint density at radius 1 is 1.21 bits per heavy atom. The summed E-state index contributed by atoms with van der Waals surface area (Å²) in [6, 6.07) is 1.36. The molecule has 2 N–H and O–H groups in total. The van der Waals surface area contributed by atoms with E-state index in [1.165, 1.54) is 45.2 Å². The summed E-state index contributed by atoms with van der Waals surface area (Å²) in [6.45, 7) is 10.7. The molecule has 1 aliphatic heterocycles. The fourth-order valence-corrected chi connectivity index (χ4v) is 3.11. The van der Waals surface area contributed by atoms with E-state index in [4.69, 9.17) is 5.11 Å². The summed E-state index contributed by atoms with van der Waals surface area (Å²) >= 11 is 0. The van der Waals surface area contributed by atoms with Crippen LogP contribution in [0.5, 0.6) is 0 Å². The third kappa shape index (κ3) is 6.73. The lowest BCUT2D eigenvalue weighted by Crippen LogP contribution is -2.36. The van der Waals surface area contributed by atoms with Crippen LogP contribution in [0.4, 0.5) is 0 Å². The van der Waals surface area contributed by atoms with Crippen molar-refractivity contribution in [1.82, 2.24) is 10.2 Å². The molecule has 19 heavy (non-hydrogen) atoms. The number of nitrogens with zero attached hydrogens (tertiary/aromatic N) is 1. The number of aliphatic hydroxyl groups excluding tert-OH is 1. The second kappa shape index (κ2) is 9.73. The first-order chi connectivity index (χ1) is 9.17. The Balaban J connectivity index is 2.28. The van der Waals surface area contributed by atoms with Crippen molar-refractivity contribution in [1.29, 1.82) is 0 Å². The third-order valence-corrected chi connectivity index (χ3v) is 4.42. The van der Waals surface area contributed by atoms with Crippen molar-refractivity contribution in [3.05, 3.63) is 0 Å². The Morgan fingerprint density at radius 3 is 2.63 bits per heavy atom. The molecule has 2 atom stereocenters. The smallest absolute Gasteiger partial charge is 0.0434 e. The number of aliphatic hydroxyl groups is 1. The zero-order valence-corrected chi connectivity index (χ0v) is 13.2. The minimum atomic E-state index is 0.331. The van der Waals surface area contributed by atoms with E-state index in [0.29, 0.717) is 24.6 Å². The summed E-state index contributed by atoms with van der Waals surface area (Å²) in [5.41, 5.74) is 0. The van der Waals surface area contributed by atoms with Gasteiger partial charge < -0.3 is 15.3 Å². The van der Waals surface area contributed by atoms with Crippen LogP contribution in [0.2, 0.25) is 0 Å². The monoisotopic (exact) mass is 270 g/mol. The molecule has 0 aromatic heterocycles. The van der Waals surface area contributed by atoms with Crippen molar-refractivity contribution in [3.8, 4) is 0 Å². The van der Waals surface area contributed by atoms with E-state index in [1.54, 1.807) is 0 Å². The lowest BCUT2D eigenvalue weighted by Gasteiger charge is -2.25. The van der Waals surface area contributed by atoms with Gasteiger partial charge >= 0.3 is 0 Å². The highest BCUT2D eigenvalue weighted by Gasteiger charge is 2.19. The quantitative estimate of drug-likeness (QED) is 0.712. The highest BCUT2D eigenvalue weighted by Crippen LogP contribution is 2.15. The van der Waals surface area contributed by atoms with E-state index >= 15 is 0 Å². The Morgan fingerprint density at radius 2 is 2.00 bits per heavy atom. The maximum absolute atomic E-state index is 9.11. The molecule has 0 aromatic carbocycles. The van der Waals surface area contributed by atoms with Gasteiger partial charge in [-0.3, -0.25) is 0 Å². The van der Waals surface area contributed by atoms with Crippen molar-refractivity contribution in [3.63, 3.8) is 0 Å². The molecule has 0 bridgehead atoms. The van der Waals surface area contributed by atoms with Crippen LogP contribution in [0, 0.1) is 5.92 Å². The molecule has 1 saturated heterocycles. The molecule has 3 heteroatoms. The molecule has 1 heterocycles. The zero-order chi connectivity index (χ0) is 14.1. The van der Waals surface area contributed by atoms with E-state index in [1.807, 2.05) is 0 Å². The van der Waals surface area contributed by atoms with E-state index in [2.05, 4.69) is 31.0 Å². The molecule has 0 amide bonds. The van der Waals surface area contributed by atoms with Gasteiger partial charge in [-0.05, 0) is 71.5 Å². The Bertz CT molecular complexity index is 215. The average molecular weight is 270 g/mol. The maximum atomic E-state index is 9.11. The van der Waals surface area contributed by atoms with E-state index in [9.17, 15) is 0 Å². The summed E-state index contributed by atoms with van der Waals surface area (Å²) in [5.74, 6) is 0.652. The Hall–Kier alpha value is -0.120. The predicted octanol–water partition coefficient (Wildman–Crippen LogP) is 2.64. The average Bonchev–Trinajstić information content (AvgIpc) is 2.62. The number of rotatable bonds is 8. The van der Waals surface area contributed by atoms with Crippen LogP contribution < -0.4 is 5.32 Å². The van der Waals surface area contributed by atoms with Gasteiger partial charge in [0.25, 0.3) is 0 Å². The van der Waals surface area contributed by atoms with Crippen LogP contribution in [0.3, 0.4) is 0 Å². The molecule has 1 fully saturated rings. The van der Waals surface area contributed by atoms with Crippen molar-refractivity contribution >= 4 is 0 Å². The summed E-state index contributed by atoms with van der Waals surface area (Å²) in [4.78, 5) is 2.60. The van der Waals surface area contributed by atoms with Gasteiger partial charge in [0, 0.05) is 18.7 Å². The van der Waals surface area contributed by atoms with Crippen LogP contribution in [0.15, 0.2) is 0 Å². The van der Waals surface area contributed by atoms with Gasteiger partial charge in [-0.15, -0.1) is 0 Å². The minimum absolute atomic E-state index is 0.331. The topological polar surface area (TPSA) is 35.5 Å². The van der Waals surface area contributed by atoms with Crippen molar-refractivity contribution < 1.29 is 5.11 Å². The van der Waals surface area contributed by atoms with Crippen LogP contribution in [0.1, 0.15) is 59.3 Å². The zero-order valence-electron chi connectivity index (χ0n) is 13.2. The highest BCUT2D eigenvalue weighted by molar-refractivity contribution is 4.77. The van der Waals surface area contributed by atoms with Crippen molar-refractivity contribution in [2.24, 2.45) is 5.92 Å². The molecule has 1 rings (SSSR count). The normalized spacial score (nSPS) is 23.5. The molecular weight excluding hydrogens is 236 g/mol. The van der Waals surface area contributed by atoms with Gasteiger partial charge in [0.05, 0.1) is 0 Å². The maximum Gasteiger partial charge on any atom is 0.0434 e. The number of likely N-dealkylation sites (tertiary alicyclic amines) is 1. The summed E-state index contributed by atoms with van der Waals surface area (Å²) in [7, 11) is 0. The molecular formula is C16H34N2O. The van der Waals surface area contributed by atoms with Crippen LogP contribution in [-0.2, 0) is 0 Å². The van der Waals surface area contributed by atoms with Crippen molar-refractivity contribution in [2.45, 2.75) is 71.4 Å². The Kier molecular flexibility index (Phi) is 8.67. The molecule has 0 radical (unpaired) electrons. The third-order valence-electron chi connectivity index (χ3n) is 4.42. The lowest BCUT2D eigenvalue weighted by molar-refractivity contribution is 0.226. The predicted molar refractivity (Wildman–Crippen MR) is 82.5 cm³/mol. The second-order valence-corrected chi connectivity index (χ2v) is 6.33. The summed E-state index contributed by atoms with van der Waals surface area (Å²) in [6.07, 6.45) is 7.30. The fraction of sp³-hybridized carbons (Fsp3) is 1.00. The molecule has 3 nitrogen and oxygen atoms in total. The number of nitrogens with one attached hydrogen (secondary N) is 1. The van der Waals surface area contributed by atoms with Crippen LogP contribution in [-0.4, -0.2) is 48.3 Å². The summed E-state index contributed by atoms with van der Waals surface area (Å²) < 4.78 is 0. The van der Waals surface area contributed by atoms with Crippen LogP contribution in [0.25, 0.3) is 0 Å². The fourth-order valence-electron chi connectivity index (χ4n) is 3.11. The Labute approximate surface area is 119 Å². The standard InChI is InChI=1S/C16H34N2O/c1-4-6-15(9-12-19)13-17-16-7-5-10-18(11-8-16)14(2)3/h14-17,19H,4-13H2,1-3H3. The SMILES string of the molecule is CCCC(CCO)CNC1CCCN(C(C)C)CC1. The summed E-state index contributed by atoms with van der Waals surface area (Å²) in [5, 5.41) is 12.9. The van der Waals surface area contributed by atoms with Gasteiger partial charge in [-0.25, -0.2) is 0 Å². The molecule has 0 aromatic rings. The second-order valence-electron chi connectivity index (χ2n) is 6.33. The van der Waals surface area contributed by atoms with Crippen molar-refractivity contribution in [2.75, 3.05) is 26.2 Å². The molecule has 2 unspecified atom stereocenters. The first kappa shape index (κ1) is 16.9. The number of hydrogen-bond donors (Lipinski definition) is 2. The molecule has 0 saturated carbocycles. The van der Waals surface area contributed by atoms with Gasteiger partial charge in [-0.1, -0.05) is 13.3 Å². The largest absolute Gasteiger partial charge is 0.396 e. The van der Waals surface area contributed by atoms with Gasteiger partial charge in [0.2, 0.25) is 0 Å². The molecule has 114 valence electrons. The highest BCUT2D eigenvalue weighted by atomic mass is 16.3. The molecule has 1 aliphatic rings. The molecule has 0 aliphatic carbocycles. The first-order valence-corrected chi connectivity index (χ1v) is 8.25. The van der Waals surface area contributed by atoms with E-state index in [0.717, 1.165) is 13.0 Å². The minimum Gasteiger partial charge on any atom is -0.396 e. The van der Waals surface area contributed by atoms with Gasteiger partial charge in [0.1, 0.15) is 0 Å². The molecule has 0 spiro atoms. The lowest BCUT2D eigenvalue weighted by atomic mass is 9.99. The van der Waals surface area contributed by atoms with Gasteiger partial charge in [-0.2, -0.15) is 0 Å². The van der Waals surface area contributed by atoms with E-state index < -0.39 is 0 Å². The number of hydrogen-bond acceptors (Lipinski definition) is 3. The first-order valence-electron chi connectivity index (χ1n) is 8.25. The van der Waals surface area contributed by atoms with Crippen LogP contribution >= 0.6 is 0 Å². The van der Waals surface area contributed by atoms with Gasteiger partial charge in [0.15, 0.2) is 0 Å². The van der Waals surface area contributed by atoms with E-state index in [-0.39, 0.29) is 0 Å².